The molecule has 2 aliphatic heterocycles. The lowest BCUT2D eigenvalue weighted by atomic mass is 9.72. The van der Waals surface area contributed by atoms with E-state index in [1.807, 2.05) is 36.2 Å². The van der Waals surface area contributed by atoms with E-state index in [4.69, 9.17) is 4.74 Å². The van der Waals surface area contributed by atoms with Gasteiger partial charge in [0.15, 0.2) is 5.82 Å². The molecule has 160 valence electrons. The zero-order valence-corrected chi connectivity index (χ0v) is 18.5. The minimum Gasteiger partial charge on any atom is -0.381 e. The largest absolute Gasteiger partial charge is 0.381 e. The van der Waals surface area contributed by atoms with Crippen molar-refractivity contribution in [2.75, 3.05) is 38.3 Å². The molecule has 0 bridgehead atoms. The van der Waals surface area contributed by atoms with Gasteiger partial charge >= 0.3 is 0 Å². The van der Waals surface area contributed by atoms with Crippen LogP contribution in [0.1, 0.15) is 44.9 Å². The number of rotatable bonds is 4. The van der Waals surface area contributed by atoms with Crippen molar-refractivity contribution in [2.24, 2.45) is 0 Å². The van der Waals surface area contributed by atoms with Crippen LogP contribution in [0.4, 0.5) is 5.82 Å². The van der Waals surface area contributed by atoms with Gasteiger partial charge in [-0.05, 0) is 30.5 Å². The first kappa shape index (κ1) is 20.8. The number of aromatic nitrogens is 2. The molecule has 0 unspecified atom stereocenters. The first-order valence-corrected chi connectivity index (χ1v) is 10.8. The zero-order chi connectivity index (χ0) is 21.4. The van der Waals surface area contributed by atoms with E-state index in [1.165, 1.54) is 0 Å². The Hall–Kier alpha value is -2.47. The van der Waals surface area contributed by atoms with Crippen molar-refractivity contribution in [3.8, 4) is 0 Å². The Morgan fingerprint density at radius 1 is 1.07 bits per heavy atom. The highest BCUT2D eigenvalue weighted by atomic mass is 16.5. The summed E-state index contributed by atoms with van der Waals surface area (Å²) in [7, 11) is 1.94. The number of carbonyl (C=O) groups excluding carboxylic acids is 1. The Bertz CT molecular complexity index is 864. The molecule has 0 aliphatic carbocycles. The van der Waals surface area contributed by atoms with Crippen molar-refractivity contribution < 1.29 is 9.53 Å². The molecule has 0 spiro atoms. The SMILES string of the molecule is CN(C(=O)C1(c2ccccc2)CCOCC1)C1CN(c2ccc(C(C)(C)C)nn2)C1. The maximum absolute atomic E-state index is 13.7. The van der Waals surface area contributed by atoms with Crippen LogP contribution >= 0.6 is 0 Å². The van der Waals surface area contributed by atoms with Gasteiger partial charge in [-0.25, -0.2) is 0 Å². The monoisotopic (exact) mass is 408 g/mol. The average molecular weight is 409 g/mol. The van der Waals surface area contributed by atoms with Crippen LogP contribution in [0.25, 0.3) is 0 Å². The number of benzene rings is 1. The van der Waals surface area contributed by atoms with Gasteiger partial charge in [-0.15, -0.1) is 5.10 Å². The minimum atomic E-state index is -0.483. The van der Waals surface area contributed by atoms with Crippen LogP contribution in [0, 0.1) is 0 Å². The van der Waals surface area contributed by atoms with Gasteiger partial charge in [0.2, 0.25) is 5.91 Å². The molecule has 2 saturated heterocycles. The molecular weight excluding hydrogens is 376 g/mol. The summed E-state index contributed by atoms with van der Waals surface area (Å²) >= 11 is 0. The van der Waals surface area contributed by atoms with Crippen LogP contribution in [0.3, 0.4) is 0 Å². The summed E-state index contributed by atoms with van der Waals surface area (Å²) in [4.78, 5) is 17.8. The summed E-state index contributed by atoms with van der Waals surface area (Å²) in [6, 6.07) is 14.5. The molecular formula is C24H32N4O2. The van der Waals surface area contributed by atoms with Crippen LogP contribution < -0.4 is 4.90 Å². The highest BCUT2D eigenvalue weighted by molar-refractivity contribution is 5.88. The molecule has 4 rings (SSSR count). The Morgan fingerprint density at radius 3 is 2.30 bits per heavy atom. The predicted molar refractivity (Wildman–Crippen MR) is 118 cm³/mol. The third kappa shape index (κ3) is 3.81. The second kappa shape index (κ2) is 7.99. The minimum absolute atomic E-state index is 0.00881. The first-order chi connectivity index (χ1) is 14.3. The molecule has 3 heterocycles. The fourth-order valence-corrected chi connectivity index (χ4v) is 4.39. The van der Waals surface area contributed by atoms with Gasteiger partial charge in [-0.1, -0.05) is 51.1 Å². The number of carbonyl (C=O) groups is 1. The Labute approximate surface area is 179 Å². The van der Waals surface area contributed by atoms with E-state index < -0.39 is 5.41 Å². The van der Waals surface area contributed by atoms with Gasteiger partial charge < -0.3 is 14.5 Å². The Balaban J connectivity index is 1.45. The van der Waals surface area contributed by atoms with Crippen molar-refractivity contribution in [1.29, 1.82) is 0 Å². The summed E-state index contributed by atoms with van der Waals surface area (Å²) in [6.45, 7) is 9.23. The highest BCUT2D eigenvalue weighted by Gasteiger charge is 2.46. The fourth-order valence-electron chi connectivity index (χ4n) is 4.39. The molecule has 0 N–H and O–H groups in total. The van der Waals surface area contributed by atoms with Crippen molar-refractivity contribution in [3.05, 3.63) is 53.7 Å². The van der Waals surface area contributed by atoms with E-state index in [-0.39, 0.29) is 17.4 Å². The molecule has 0 atom stereocenters. The van der Waals surface area contributed by atoms with E-state index in [0.717, 1.165) is 43.0 Å². The second-order valence-electron chi connectivity index (χ2n) is 9.56. The van der Waals surface area contributed by atoms with Crippen molar-refractivity contribution >= 4 is 11.7 Å². The molecule has 2 aromatic rings. The maximum Gasteiger partial charge on any atom is 0.233 e. The van der Waals surface area contributed by atoms with Gasteiger partial charge in [-0.3, -0.25) is 4.79 Å². The number of anilines is 1. The molecule has 1 amide bonds. The number of nitrogens with zero attached hydrogens (tertiary/aromatic N) is 4. The van der Waals surface area contributed by atoms with E-state index in [1.54, 1.807) is 0 Å². The molecule has 0 saturated carbocycles. The van der Waals surface area contributed by atoms with E-state index >= 15 is 0 Å². The zero-order valence-electron chi connectivity index (χ0n) is 18.5. The van der Waals surface area contributed by atoms with Crippen LogP contribution in [0.15, 0.2) is 42.5 Å². The Morgan fingerprint density at radius 2 is 1.73 bits per heavy atom. The molecule has 1 aromatic carbocycles. The number of hydrogen-bond acceptors (Lipinski definition) is 5. The second-order valence-corrected chi connectivity index (χ2v) is 9.56. The lowest BCUT2D eigenvalue weighted by Crippen LogP contribution is -2.63. The van der Waals surface area contributed by atoms with Crippen LogP contribution in [-0.2, 0) is 20.4 Å². The van der Waals surface area contributed by atoms with Crippen LogP contribution in [0.2, 0.25) is 0 Å². The van der Waals surface area contributed by atoms with E-state index in [2.05, 4.69) is 54.1 Å². The van der Waals surface area contributed by atoms with Crippen molar-refractivity contribution in [1.82, 2.24) is 15.1 Å². The number of hydrogen-bond donors (Lipinski definition) is 0. The van der Waals surface area contributed by atoms with Gasteiger partial charge in [0.05, 0.1) is 17.2 Å². The molecule has 6 heteroatoms. The maximum atomic E-state index is 13.7. The molecule has 1 aromatic heterocycles. The normalized spacial score (nSPS) is 19.3. The van der Waals surface area contributed by atoms with Crippen LogP contribution in [-0.4, -0.2) is 60.4 Å². The molecule has 0 radical (unpaired) electrons. The third-order valence-corrected chi connectivity index (χ3v) is 6.56. The number of ether oxygens (including phenoxy) is 1. The summed E-state index contributed by atoms with van der Waals surface area (Å²) in [5.41, 5.74) is 1.60. The van der Waals surface area contributed by atoms with Crippen molar-refractivity contribution in [2.45, 2.75) is 50.5 Å². The summed E-state index contributed by atoms with van der Waals surface area (Å²) in [5.74, 6) is 1.08. The third-order valence-electron chi connectivity index (χ3n) is 6.56. The Kier molecular flexibility index (Phi) is 5.53. The standard InChI is InChI=1S/C24H32N4O2/c1-23(2,3)20-10-11-21(26-25-20)28-16-19(17-28)27(4)22(29)24(12-14-30-15-13-24)18-8-6-5-7-9-18/h5-11,19H,12-17H2,1-4H3. The topological polar surface area (TPSA) is 58.6 Å². The van der Waals surface area contributed by atoms with Crippen molar-refractivity contribution in [3.63, 3.8) is 0 Å². The molecule has 2 fully saturated rings. The predicted octanol–water partition coefficient (Wildman–Crippen LogP) is 3.17. The molecule has 2 aliphatic rings. The molecule has 6 nitrogen and oxygen atoms in total. The van der Waals surface area contributed by atoms with E-state index in [9.17, 15) is 4.79 Å². The smallest absolute Gasteiger partial charge is 0.233 e. The van der Waals surface area contributed by atoms with Gasteiger partial charge in [0.25, 0.3) is 0 Å². The number of amides is 1. The fraction of sp³-hybridized carbons (Fsp3) is 0.542. The summed E-state index contributed by atoms with van der Waals surface area (Å²) < 4.78 is 5.59. The first-order valence-electron chi connectivity index (χ1n) is 10.8. The lowest BCUT2D eigenvalue weighted by molar-refractivity contribution is -0.142. The number of likely N-dealkylation sites (N-methyl/N-ethyl adjacent to an activating group) is 1. The highest BCUT2D eigenvalue weighted by Crippen LogP contribution is 2.37. The quantitative estimate of drug-likeness (QED) is 0.778. The summed E-state index contributed by atoms with van der Waals surface area (Å²) in [5, 5.41) is 8.81. The van der Waals surface area contributed by atoms with E-state index in [0.29, 0.717) is 13.2 Å². The van der Waals surface area contributed by atoms with Crippen LogP contribution in [0.5, 0.6) is 0 Å². The van der Waals surface area contributed by atoms with Gasteiger partial charge in [-0.2, -0.15) is 5.10 Å². The lowest BCUT2D eigenvalue weighted by Gasteiger charge is -2.48. The molecule has 30 heavy (non-hydrogen) atoms. The van der Waals surface area contributed by atoms with Gasteiger partial charge in [0.1, 0.15) is 0 Å². The van der Waals surface area contributed by atoms with Gasteiger partial charge in [0, 0.05) is 38.8 Å². The average Bonchev–Trinajstić information content (AvgIpc) is 2.73. The summed E-state index contributed by atoms with van der Waals surface area (Å²) in [6.07, 6.45) is 1.47.